The summed E-state index contributed by atoms with van der Waals surface area (Å²) in [5.41, 5.74) is 10.8. The van der Waals surface area contributed by atoms with Gasteiger partial charge in [-0.05, 0) is 91.9 Å². The number of fused-ring (bicyclic) bond motifs is 1. The number of hydrogen-bond donors (Lipinski definition) is 5. The lowest BCUT2D eigenvalue weighted by atomic mass is 9.77. The summed E-state index contributed by atoms with van der Waals surface area (Å²) in [6, 6.07) is 19.4. The van der Waals surface area contributed by atoms with E-state index in [4.69, 9.17) is 20.6 Å². The van der Waals surface area contributed by atoms with Gasteiger partial charge in [-0.2, -0.15) is 13.2 Å². The summed E-state index contributed by atoms with van der Waals surface area (Å²) >= 11 is 3.54. The standard InChI is InChI=1S/C30H31F3N4O.3C2H6.CH5NS.CH2O2/c1-37-27-14-9-22(18-26(27)36-28(37)15-16-34)20-7-5-19(6-8-20)21-3-2-4-23(17-21)29(38)35-25-12-10-24(11-13-25)30(31,32)33;3*1-2;1-2-3;2-1-3/h5-14,18,21,23H,2-4,15-17,34H2,1H3,(H,35,38);3*1-2H3;2-3H,1H3;1H,(H,2,3). The van der Waals surface area contributed by atoms with Gasteiger partial charge in [0.25, 0.3) is 6.47 Å². The number of halogens is 3. The molecule has 1 aromatic heterocycles. The summed E-state index contributed by atoms with van der Waals surface area (Å²) in [6.07, 6.45) is -0.229. The van der Waals surface area contributed by atoms with Crippen molar-refractivity contribution in [1.82, 2.24) is 14.3 Å². The van der Waals surface area contributed by atoms with E-state index in [1.807, 2.05) is 48.6 Å². The number of nitrogens with one attached hydrogen (secondary N) is 2. The van der Waals surface area contributed by atoms with E-state index in [2.05, 4.69) is 69.9 Å². The first kappa shape index (κ1) is 46.1. The molecule has 3 aromatic carbocycles. The van der Waals surface area contributed by atoms with Gasteiger partial charge in [0.05, 0.1) is 16.6 Å². The highest BCUT2D eigenvalue weighted by molar-refractivity contribution is 7.78. The second-order valence-corrected chi connectivity index (χ2v) is 10.9. The van der Waals surface area contributed by atoms with Crippen LogP contribution in [0.25, 0.3) is 22.2 Å². The first-order valence-corrected chi connectivity index (χ1v) is 17.6. The number of thiol groups is 1. The topological polar surface area (TPSA) is 122 Å². The minimum absolute atomic E-state index is 0.135. The number of amides is 1. The second kappa shape index (κ2) is 25.1. The van der Waals surface area contributed by atoms with Crippen LogP contribution in [0.4, 0.5) is 18.9 Å². The van der Waals surface area contributed by atoms with Crippen LogP contribution in [0.1, 0.15) is 90.1 Å². The van der Waals surface area contributed by atoms with Crippen LogP contribution in [-0.2, 0) is 29.2 Å². The molecule has 8 nitrogen and oxygen atoms in total. The van der Waals surface area contributed by atoms with Crippen LogP contribution in [0.5, 0.6) is 0 Å². The van der Waals surface area contributed by atoms with E-state index in [9.17, 15) is 18.0 Å². The van der Waals surface area contributed by atoms with E-state index < -0.39 is 11.7 Å². The zero-order chi connectivity index (χ0) is 38.3. The fourth-order valence-corrected chi connectivity index (χ4v) is 5.45. The summed E-state index contributed by atoms with van der Waals surface area (Å²) in [7, 11) is 3.75. The number of anilines is 1. The molecule has 0 saturated heterocycles. The number of imidazole rings is 1. The number of carboxylic acid groups (broad SMARTS) is 1. The first-order valence-electron chi connectivity index (χ1n) is 17.2. The molecule has 1 heterocycles. The number of aromatic nitrogens is 2. The number of nitrogens with two attached hydrogens (primary N) is 1. The Balaban J connectivity index is 0.00000179. The van der Waals surface area contributed by atoms with Crippen molar-refractivity contribution in [3.05, 3.63) is 83.7 Å². The van der Waals surface area contributed by atoms with Crippen molar-refractivity contribution >= 4 is 41.9 Å². The number of aryl methyl sites for hydroxylation is 1. The van der Waals surface area contributed by atoms with Gasteiger partial charge in [-0.3, -0.25) is 14.3 Å². The molecule has 0 radical (unpaired) electrons. The molecule has 5 N–H and O–H groups in total. The zero-order valence-corrected chi connectivity index (χ0v) is 31.5. The molecule has 0 aliphatic heterocycles. The van der Waals surface area contributed by atoms with E-state index >= 15 is 0 Å². The lowest BCUT2D eigenvalue weighted by molar-refractivity contribution is -0.137. The van der Waals surface area contributed by atoms with Crippen molar-refractivity contribution in [2.45, 2.75) is 85.7 Å². The SMILES string of the molecule is CC.CC.CC.CNS.Cn1c(CCN)nc2cc(-c3ccc(C4CCCC(C(=O)Nc5ccc(C(F)(F)F)cc5)C4)cc3)ccc21.O=CO. The van der Waals surface area contributed by atoms with Gasteiger partial charge in [-0.25, -0.2) is 4.98 Å². The van der Waals surface area contributed by atoms with Crippen LogP contribution in [0, 0.1) is 5.92 Å². The summed E-state index contributed by atoms with van der Waals surface area (Å²) < 4.78 is 43.0. The Bertz CT molecular complexity index is 1510. The Morgan fingerprint density at radius 2 is 1.52 bits per heavy atom. The molecule has 50 heavy (non-hydrogen) atoms. The smallest absolute Gasteiger partial charge is 0.416 e. The fraction of sp³-hybridized carbons (Fsp3) is 0.447. The molecule has 278 valence electrons. The molecule has 1 fully saturated rings. The monoisotopic (exact) mass is 719 g/mol. The zero-order valence-electron chi connectivity index (χ0n) is 30.6. The minimum atomic E-state index is -4.39. The highest BCUT2D eigenvalue weighted by atomic mass is 32.1. The number of alkyl halides is 3. The lowest BCUT2D eigenvalue weighted by Crippen LogP contribution is -2.27. The van der Waals surface area contributed by atoms with E-state index in [1.165, 1.54) is 17.7 Å². The molecule has 12 heteroatoms. The van der Waals surface area contributed by atoms with Crippen molar-refractivity contribution in [3.63, 3.8) is 0 Å². The Kier molecular flexibility index (Phi) is 23.2. The summed E-state index contributed by atoms with van der Waals surface area (Å²) in [6.45, 7) is 12.3. The normalized spacial score (nSPS) is 14.7. The van der Waals surface area contributed by atoms with Gasteiger partial charge in [0.2, 0.25) is 5.91 Å². The maximum atomic E-state index is 12.9. The first-order chi connectivity index (χ1) is 24.1. The van der Waals surface area contributed by atoms with Crippen molar-refractivity contribution in [3.8, 4) is 11.1 Å². The van der Waals surface area contributed by atoms with Crippen molar-refractivity contribution in [1.29, 1.82) is 0 Å². The predicted molar refractivity (Wildman–Crippen MR) is 204 cm³/mol. The summed E-state index contributed by atoms with van der Waals surface area (Å²) in [4.78, 5) is 26.0. The average molecular weight is 720 g/mol. The van der Waals surface area contributed by atoms with Gasteiger partial charge in [0, 0.05) is 25.1 Å². The van der Waals surface area contributed by atoms with Gasteiger partial charge in [0.15, 0.2) is 0 Å². The summed E-state index contributed by atoms with van der Waals surface area (Å²) in [5.74, 6) is 0.927. The average Bonchev–Trinajstić information content (AvgIpc) is 3.45. The largest absolute Gasteiger partial charge is 0.483 e. The molecular weight excluding hydrogens is 664 g/mol. The fourth-order valence-electron chi connectivity index (χ4n) is 5.45. The quantitative estimate of drug-likeness (QED) is 0.1000. The predicted octanol–water partition coefficient (Wildman–Crippen LogP) is 9.50. The van der Waals surface area contributed by atoms with Crippen LogP contribution < -0.4 is 15.8 Å². The third-order valence-electron chi connectivity index (χ3n) is 7.58. The molecule has 4 aromatic rings. The second-order valence-electron chi connectivity index (χ2n) is 10.4. The van der Waals surface area contributed by atoms with E-state index in [0.29, 0.717) is 12.2 Å². The van der Waals surface area contributed by atoms with E-state index in [0.717, 1.165) is 72.2 Å². The van der Waals surface area contributed by atoms with Crippen LogP contribution in [0.3, 0.4) is 0 Å². The van der Waals surface area contributed by atoms with Crippen molar-refractivity contribution in [2.75, 3.05) is 18.9 Å². The van der Waals surface area contributed by atoms with E-state index in [1.54, 1.807) is 7.05 Å². The molecule has 2 unspecified atom stereocenters. The highest BCUT2D eigenvalue weighted by Gasteiger charge is 2.31. The molecule has 5 rings (SSSR count). The van der Waals surface area contributed by atoms with Gasteiger partial charge in [-0.15, -0.1) is 0 Å². The maximum Gasteiger partial charge on any atom is 0.416 e. The number of carbonyl (C=O) groups excluding carboxylic acids is 1. The number of hydrogen-bond acceptors (Lipinski definition) is 6. The highest BCUT2D eigenvalue weighted by Crippen LogP contribution is 2.38. The lowest BCUT2D eigenvalue weighted by Gasteiger charge is -2.29. The van der Waals surface area contributed by atoms with Gasteiger partial charge >= 0.3 is 6.18 Å². The molecule has 1 aliphatic rings. The Hall–Kier alpha value is -3.87. The van der Waals surface area contributed by atoms with Crippen LogP contribution >= 0.6 is 12.8 Å². The third-order valence-corrected chi connectivity index (χ3v) is 7.58. The van der Waals surface area contributed by atoms with Crippen molar-refractivity contribution in [2.24, 2.45) is 18.7 Å². The maximum absolute atomic E-state index is 12.9. The molecule has 1 saturated carbocycles. The van der Waals surface area contributed by atoms with Crippen LogP contribution in [0.2, 0.25) is 0 Å². The number of nitrogens with zero attached hydrogens (tertiary/aromatic N) is 2. The summed E-state index contributed by atoms with van der Waals surface area (Å²) in [5, 5.41) is 9.69. The number of benzene rings is 3. The van der Waals surface area contributed by atoms with Gasteiger partial charge < -0.3 is 20.7 Å². The van der Waals surface area contributed by atoms with Gasteiger partial charge in [0.1, 0.15) is 5.82 Å². The van der Waals surface area contributed by atoms with Crippen molar-refractivity contribution < 1.29 is 27.9 Å². The van der Waals surface area contributed by atoms with Gasteiger partial charge in [-0.1, -0.05) is 91.1 Å². The molecular formula is C38H56F3N5O3S. The Morgan fingerprint density at radius 3 is 2.04 bits per heavy atom. The molecule has 0 spiro atoms. The Labute approximate surface area is 301 Å². The van der Waals surface area contributed by atoms with E-state index in [-0.39, 0.29) is 24.2 Å². The molecule has 1 aliphatic carbocycles. The Morgan fingerprint density at radius 1 is 0.980 bits per heavy atom. The van der Waals surface area contributed by atoms with Crippen LogP contribution in [-0.4, -0.2) is 40.6 Å². The molecule has 0 bridgehead atoms. The molecule has 2 atom stereocenters. The van der Waals surface area contributed by atoms with Crippen LogP contribution in [0.15, 0.2) is 66.7 Å². The third kappa shape index (κ3) is 14.2. The molecule has 1 amide bonds. The minimum Gasteiger partial charge on any atom is -0.483 e. The number of rotatable bonds is 6. The number of carbonyl (C=O) groups is 2.